The number of hydrogen-bond donors (Lipinski definition) is 2. The molecule has 0 saturated carbocycles. The topological polar surface area (TPSA) is 101 Å². The first-order valence-corrected chi connectivity index (χ1v) is 9.24. The first-order chi connectivity index (χ1) is 13.7. The van der Waals surface area contributed by atoms with Crippen molar-refractivity contribution in [1.82, 2.24) is 15.3 Å². The lowest BCUT2D eigenvalue weighted by atomic mass is 9.94. The molecule has 1 unspecified atom stereocenters. The number of ether oxygens (including phenoxy) is 1. The minimum absolute atomic E-state index is 0.0506. The molecule has 3 aromatic rings. The average Bonchev–Trinajstić information content (AvgIpc) is 2.65. The molecule has 0 spiro atoms. The van der Waals surface area contributed by atoms with Crippen LogP contribution in [0.5, 0.6) is 0 Å². The van der Waals surface area contributed by atoms with E-state index in [-0.39, 0.29) is 5.56 Å². The number of benzene rings is 1. The second kappa shape index (κ2) is 7.87. The molecule has 3 rings (SSSR count). The van der Waals surface area contributed by atoms with E-state index in [4.69, 9.17) is 4.74 Å². The van der Waals surface area contributed by atoms with Crippen LogP contribution in [0.4, 0.5) is 4.79 Å². The second-order valence-corrected chi connectivity index (χ2v) is 7.66. The van der Waals surface area contributed by atoms with Gasteiger partial charge in [-0.05, 0) is 45.4 Å². The van der Waals surface area contributed by atoms with Crippen molar-refractivity contribution in [3.05, 3.63) is 59.9 Å². The van der Waals surface area contributed by atoms with Gasteiger partial charge in [0.1, 0.15) is 11.1 Å². The number of carboxylic acids is 1. The van der Waals surface area contributed by atoms with Crippen LogP contribution in [-0.4, -0.2) is 32.7 Å². The first kappa shape index (κ1) is 20.3. The quantitative estimate of drug-likeness (QED) is 0.673. The van der Waals surface area contributed by atoms with Crippen LogP contribution in [0.2, 0.25) is 0 Å². The van der Waals surface area contributed by atoms with E-state index in [0.29, 0.717) is 27.9 Å². The Labute approximate surface area is 168 Å². The Balaban J connectivity index is 2.20. The molecule has 0 aliphatic carbocycles. The van der Waals surface area contributed by atoms with Crippen LogP contribution in [0, 0.1) is 0 Å². The van der Waals surface area contributed by atoms with E-state index >= 15 is 0 Å². The third-order valence-electron chi connectivity index (χ3n) is 4.19. The fourth-order valence-corrected chi connectivity index (χ4v) is 3.08. The molecule has 0 aliphatic heterocycles. The van der Waals surface area contributed by atoms with E-state index in [9.17, 15) is 14.7 Å². The van der Waals surface area contributed by atoms with E-state index in [1.165, 1.54) is 6.20 Å². The van der Waals surface area contributed by atoms with Gasteiger partial charge in [-0.25, -0.2) is 14.6 Å². The number of fused-ring (bicyclic) bond motifs is 1. The number of carboxylic acid groups (broad SMARTS) is 1. The van der Waals surface area contributed by atoms with Gasteiger partial charge in [-0.1, -0.05) is 30.3 Å². The van der Waals surface area contributed by atoms with Crippen LogP contribution in [0.15, 0.2) is 48.7 Å². The lowest BCUT2D eigenvalue weighted by Gasteiger charge is -2.23. The maximum absolute atomic E-state index is 12.3. The lowest BCUT2D eigenvalue weighted by molar-refractivity contribution is 0.0507. The van der Waals surface area contributed by atoms with Crippen molar-refractivity contribution < 1.29 is 19.4 Å². The van der Waals surface area contributed by atoms with Gasteiger partial charge in [-0.3, -0.25) is 4.98 Å². The number of aromatic carboxylic acids is 1. The summed E-state index contributed by atoms with van der Waals surface area (Å²) in [7, 11) is 0. The number of pyridine rings is 2. The summed E-state index contributed by atoms with van der Waals surface area (Å²) in [6, 6.07) is 11.9. The number of amides is 1. The van der Waals surface area contributed by atoms with Crippen molar-refractivity contribution in [2.75, 3.05) is 0 Å². The first-order valence-electron chi connectivity index (χ1n) is 9.24. The molecule has 0 bridgehead atoms. The Hall–Kier alpha value is -3.48. The molecule has 2 heterocycles. The van der Waals surface area contributed by atoms with Crippen molar-refractivity contribution in [3.8, 4) is 11.1 Å². The maximum atomic E-state index is 12.3. The predicted molar refractivity (Wildman–Crippen MR) is 110 cm³/mol. The van der Waals surface area contributed by atoms with Gasteiger partial charge in [0, 0.05) is 11.8 Å². The molecule has 7 nitrogen and oxygen atoms in total. The normalized spacial score (nSPS) is 12.4. The number of hydrogen-bond acceptors (Lipinski definition) is 5. The summed E-state index contributed by atoms with van der Waals surface area (Å²) >= 11 is 0. The van der Waals surface area contributed by atoms with Crippen molar-refractivity contribution in [3.63, 3.8) is 0 Å². The van der Waals surface area contributed by atoms with E-state index in [0.717, 1.165) is 0 Å². The molecule has 2 N–H and O–H groups in total. The molecule has 1 aromatic carbocycles. The van der Waals surface area contributed by atoms with Crippen LogP contribution >= 0.6 is 0 Å². The summed E-state index contributed by atoms with van der Waals surface area (Å²) < 4.78 is 5.33. The number of alkyl carbamates (subject to hydrolysis) is 1. The van der Waals surface area contributed by atoms with E-state index < -0.39 is 23.7 Å². The molecule has 150 valence electrons. The molecule has 1 atom stereocenters. The van der Waals surface area contributed by atoms with E-state index in [2.05, 4.69) is 15.3 Å². The average molecular weight is 393 g/mol. The van der Waals surface area contributed by atoms with Gasteiger partial charge in [-0.2, -0.15) is 0 Å². The van der Waals surface area contributed by atoms with Crippen LogP contribution in [0.25, 0.3) is 22.2 Å². The minimum atomic E-state index is -1.11. The van der Waals surface area contributed by atoms with Gasteiger partial charge in [0.05, 0.1) is 22.8 Å². The summed E-state index contributed by atoms with van der Waals surface area (Å²) in [5.74, 6) is -1.11. The Bertz CT molecular complexity index is 1060. The second-order valence-electron chi connectivity index (χ2n) is 7.66. The van der Waals surface area contributed by atoms with Crippen LogP contribution < -0.4 is 5.32 Å². The number of nitrogens with zero attached hydrogens (tertiary/aromatic N) is 2. The largest absolute Gasteiger partial charge is 0.478 e. The summed E-state index contributed by atoms with van der Waals surface area (Å²) in [5.41, 5.74) is 1.67. The van der Waals surface area contributed by atoms with Gasteiger partial charge in [0.2, 0.25) is 0 Å². The summed E-state index contributed by atoms with van der Waals surface area (Å²) in [6.45, 7) is 7.06. The zero-order valence-corrected chi connectivity index (χ0v) is 16.8. The minimum Gasteiger partial charge on any atom is -0.478 e. The van der Waals surface area contributed by atoms with Crippen LogP contribution in [0.1, 0.15) is 49.8 Å². The van der Waals surface area contributed by atoms with Crippen LogP contribution in [0.3, 0.4) is 0 Å². The van der Waals surface area contributed by atoms with Gasteiger partial charge in [0.15, 0.2) is 0 Å². The number of rotatable bonds is 4. The molecule has 2 aromatic heterocycles. The number of nitrogens with one attached hydrogen (secondary N) is 1. The molecule has 0 fully saturated rings. The highest BCUT2D eigenvalue weighted by atomic mass is 16.6. The highest BCUT2D eigenvalue weighted by Crippen LogP contribution is 2.34. The van der Waals surface area contributed by atoms with Crippen molar-refractivity contribution >= 4 is 23.1 Å². The Kier molecular flexibility index (Phi) is 5.50. The summed E-state index contributed by atoms with van der Waals surface area (Å²) in [4.78, 5) is 33.4. The molecule has 1 amide bonds. The van der Waals surface area contributed by atoms with Gasteiger partial charge < -0.3 is 15.2 Å². The van der Waals surface area contributed by atoms with E-state index in [1.807, 2.05) is 30.3 Å². The SMILES string of the molecule is CC(NC(=O)OC(C)(C)C)c1nc2cccnc2c(C(=O)O)c1-c1ccccc1. The van der Waals surface area contributed by atoms with Crippen LogP contribution in [-0.2, 0) is 4.74 Å². The highest BCUT2D eigenvalue weighted by Gasteiger charge is 2.27. The van der Waals surface area contributed by atoms with Gasteiger partial charge in [-0.15, -0.1) is 0 Å². The zero-order valence-electron chi connectivity index (χ0n) is 16.8. The maximum Gasteiger partial charge on any atom is 0.408 e. The Morgan fingerprint density at radius 1 is 1.10 bits per heavy atom. The Morgan fingerprint density at radius 2 is 1.79 bits per heavy atom. The highest BCUT2D eigenvalue weighted by molar-refractivity contribution is 6.07. The summed E-state index contributed by atoms with van der Waals surface area (Å²) in [5, 5.41) is 12.7. The predicted octanol–water partition coefficient (Wildman–Crippen LogP) is 4.58. The smallest absolute Gasteiger partial charge is 0.408 e. The zero-order chi connectivity index (χ0) is 21.2. The summed E-state index contributed by atoms with van der Waals surface area (Å²) in [6.07, 6.45) is 0.932. The van der Waals surface area contributed by atoms with Crippen molar-refractivity contribution in [2.24, 2.45) is 0 Å². The molecule has 0 aliphatic rings. The molecule has 0 saturated heterocycles. The van der Waals surface area contributed by atoms with Gasteiger partial charge >= 0.3 is 12.1 Å². The third-order valence-corrected chi connectivity index (χ3v) is 4.19. The number of carbonyl (C=O) groups excluding carboxylic acids is 1. The van der Waals surface area contributed by atoms with E-state index in [1.54, 1.807) is 39.8 Å². The standard InChI is InChI=1S/C22H23N3O4/c1-13(24-21(28)29-22(2,3)4)18-16(14-9-6-5-7-10-14)17(20(26)27)19-15(25-18)11-8-12-23-19/h5-13H,1-4H3,(H,24,28)(H,26,27). The molecular formula is C22H23N3O4. The van der Waals surface area contributed by atoms with Crippen molar-refractivity contribution in [1.29, 1.82) is 0 Å². The Morgan fingerprint density at radius 3 is 2.41 bits per heavy atom. The monoisotopic (exact) mass is 393 g/mol. The molecule has 29 heavy (non-hydrogen) atoms. The molecule has 7 heteroatoms. The molecule has 0 radical (unpaired) electrons. The lowest BCUT2D eigenvalue weighted by Crippen LogP contribution is -2.34. The fraction of sp³-hybridized carbons (Fsp3) is 0.273. The van der Waals surface area contributed by atoms with Gasteiger partial charge in [0.25, 0.3) is 0 Å². The third kappa shape index (κ3) is 4.51. The van der Waals surface area contributed by atoms with Crippen molar-refractivity contribution in [2.45, 2.75) is 39.3 Å². The fourth-order valence-electron chi connectivity index (χ4n) is 3.08. The number of aromatic nitrogens is 2. The number of carbonyl (C=O) groups is 2. The molecular weight excluding hydrogens is 370 g/mol.